The highest BCUT2D eigenvalue weighted by Gasteiger charge is 2.65. The number of benzene rings is 3. The Morgan fingerprint density at radius 2 is 1.94 bits per heavy atom. The molecule has 3 aromatic carbocycles. The fourth-order valence-corrected chi connectivity index (χ4v) is 4.82. The molecule has 2 atom stereocenters. The first-order valence-corrected chi connectivity index (χ1v) is 10.7. The lowest BCUT2D eigenvalue weighted by molar-refractivity contribution is -0.118. The van der Waals surface area contributed by atoms with Gasteiger partial charge in [-0.15, -0.1) is 0 Å². The number of rotatable bonds is 3. The first-order valence-electron chi connectivity index (χ1n) is 10.7. The fourth-order valence-electron chi connectivity index (χ4n) is 4.82. The third kappa shape index (κ3) is 2.94. The number of H-pyrrole nitrogens is 1. The molecule has 6 heteroatoms. The number of nitrogens with one attached hydrogen (secondary N) is 2. The summed E-state index contributed by atoms with van der Waals surface area (Å²) in [6.07, 6.45) is 1.57. The zero-order chi connectivity index (χ0) is 22.6. The number of nitrogens with zero attached hydrogens (tertiary/aromatic N) is 1. The standard InChI is InChI=1S/C27H19N3O3/c1-33-19-8-11-24-21(13-19)27(26(32)28-24)14-22(27)18-7-9-20-23(29-30-25(20)12-18)10-6-16-2-4-17(15-31)5-3-16/h2-5,7-9,11-13,15,22H,14H2,1H3,(H,28,32)(H,29,30)/t22?,27-/m0/s1. The molecule has 2 heterocycles. The van der Waals surface area contributed by atoms with Gasteiger partial charge in [0.15, 0.2) is 0 Å². The highest BCUT2D eigenvalue weighted by atomic mass is 16.5. The summed E-state index contributed by atoms with van der Waals surface area (Å²) in [5.41, 5.74) is 5.41. The maximum Gasteiger partial charge on any atom is 0.235 e. The number of hydrogen-bond acceptors (Lipinski definition) is 4. The van der Waals surface area contributed by atoms with Gasteiger partial charge in [0.25, 0.3) is 0 Å². The number of hydrogen-bond donors (Lipinski definition) is 2. The molecule has 1 aliphatic carbocycles. The molecule has 33 heavy (non-hydrogen) atoms. The molecule has 6 nitrogen and oxygen atoms in total. The van der Waals surface area contributed by atoms with E-state index in [1.165, 1.54) is 0 Å². The lowest BCUT2D eigenvalue weighted by atomic mass is 9.91. The Bertz CT molecular complexity index is 1510. The van der Waals surface area contributed by atoms with Gasteiger partial charge in [0, 0.05) is 28.1 Å². The fraction of sp³-hybridized carbons (Fsp3) is 0.148. The minimum atomic E-state index is -0.538. The molecule has 1 saturated carbocycles. The molecule has 1 fully saturated rings. The number of aromatic amines is 1. The Morgan fingerprint density at radius 3 is 2.73 bits per heavy atom. The molecule has 1 unspecified atom stereocenters. The minimum Gasteiger partial charge on any atom is -0.497 e. The summed E-state index contributed by atoms with van der Waals surface area (Å²) in [5.74, 6) is 7.13. The third-order valence-corrected chi connectivity index (χ3v) is 6.68. The van der Waals surface area contributed by atoms with Crippen LogP contribution in [0.15, 0.2) is 60.7 Å². The normalized spacial score (nSPS) is 20.2. The summed E-state index contributed by atoms with van der Waals surface area (Å²) in [6.45, 7) is 0. The van der Waals surface area contributed by atoms with Gasteiger partial charge in [-0.05, 0) is 65.9 Å². The van der Waals surface area contributed by atoms with Crippen molar-refractivity contribution < 1.29 is 14.3 Å². The van der Waals surface area contributed by atoms with Crippen molar-refractivity contribution in [3.63, 3.8) is 0 Å². The second-order valence-corrected chi connectivity index (χ2v) is 8.46. The lowest BCUT2D eigenvalue weighted by Gasteiger charge is -2.10. The summed E-state index contributed by atoms with van der Waals surface area (Å²) in [7, 11) is 1.63. The average molecular weight is 433 g/mol. The Labute approximate surface area is 190 Å². The van der Waals surface area contributed by atoms with Crippen LogP contribution in [0.25, 0.3) is 10.9 Å². The molecule has 2 aliphatic rings. The Morgan fingerprint density at radius 1 is 1.09 bits per heavy atom. The number of aldehydes is 1. The Balaban J connectivity index is 1.31. The second kappa shape index (κ2) is 7.07. The van der Waals surface area contributed by atoms with Crippen LogP contribution in [0, 0.1) is 11.8 Å². The number of amides is 1. The van der Waals surface area contributed by atoms with Crippen LogP contribution in [0.5, 0.6) is 5.75 Å². The number of anilines is 1. The van der Waals surface area contributed by atoms with Crippen LogP contribution in [0.2, 0.25) is 0 Å². The molecule has 1 aliphatic heterocycles. The van der Waals surface area contributed by atoms with Gasteiger partial charge in [-0.2, -0.15) is 5.10 Å². The molecular weight excluding hydrogens is 414 g/mol. The van der Waals surface area contributed by atoms with Gasteiger partial charge in [0.05, 0.1) is 18.0 Å². The number of carbonyl (C=O) groups is 2. The Kier molecular flexibility index (Phi) is 4.14. The van der Waals surface area contributed by atoms with Gasteiger partial charge in [-0.25, -0.2) is 0 Å². The zero-order valence-electron chi connectivity index (χ0n) is 17.8. The van der Waals surface area contributed by atoms with Crippen molar-refractivity contribution in [2.45, 2.75) is 17.8 Å². The highest BCUT2D eigenvalue weighted by Crippen LogP contribution is 2.65. The number of methoxy groups -OCH3 is 1. The van der Waals surface area contributed by atoms with E-state index in [1.54, 1.807) is 19.2 Å². The van der Waals surface area contributed by atoms with Gasteiger partial charge in [-0.3, -0.25) is 14.7 Å². The van der Waals surface area contributed by atoms with E-state index in [0.29, 0.717) is 5.56 Å². The van der Waals surface area contributed by atoms with E-state index < -0.39 is 5.41 Å². The van der Waals surface area contributed by atoms with Crippen LogP contribution in [0.1, 0.15) is 45.1 Å². The van der Waals surface area contributed by atoms with Crippen LogP contribution in [-0.4, -0.2) is 29.5 Å². The summed E-state index contributed by atoms with van der Waals surface area (Å²) >= 11 is 0. The summed E-state index contributed by atoms with van der Waals surface area (Å²) in [6, 6.07) is 19.0. The van der Waals surface area contributed by atoms with E-state index in [2.05, 4.69) is 33.4 Å². The van der Waals surface area contributed by atoms with Crippen molar-refractivity contribution in [1.82, 2.24) is 10.2 Å². The average Bonchev–Trinajstić information content (AvgIpc) is 3.39. The van der Waals surface area contributed by atoms with E-state index in [9.17, 15) is 9.59 Å². The van der Waals surface area contributed by atoms with Gasteiger partial charge in [0.1, 0.15) is 17.7 Å². The predicted octanol–water partition coefficient (Wildman–Crippen LogP) is 4.16. The topological polar surface area (TPSA) is 84.1 Å². The van der Waals surface area contributed by atoms with E-state index in [-0.39, 0.29) is 11.8 Å². The quantitative estimate of drug-likeness (QED) is 0.375. The molecule has 1 spiro atoms. The van der Waals surface area contributed by atoms with Gasteiger partial charge in [0.2, 0.25) is 5.91 Å². The summed E-state index contributed by atoms with van der Waals surface area (Å²) in [4.78, 5) is 23.7. The second-order valence-electron chi connectivity index (χ2n) is 8.46. The lowest BCUT2D eigenvalue weighted by Crippen LogP contribution is -2.21. The maximum atomic E-state index is 12.9. The van der Waals surface area contributed by atoms with Gasteiger partial charge >= 0.3 is 0 Å². The van der Waals surface area contributed by atoms with Crippen molar-refractivity contribution in [2.75, 3.05) is 12.4 Å². The molecule has 6 rings (SSSR count). The predicted molar refractivity (Wildman–Crippen MR) is 125 cm³/mol. The number of ether oxygens (including phenoxy) is 1. The van der Waals surface area contributed by atoms with Crippen LogP contribution in [-0.2, 0) is 10.2 Å². The van der Waals surface area contributed by atoms with Gasteiger partial charge < -0.3 is 10.1 Å². The highest BCUT2D eigenvalue weighted by molar-refractivity contribution is 6.10. The van der Waals surface area contributed by atoms with Crippen molar-refractivity contribution in [3.8, 4) is 17.6 Å². The molecule has 160 valence electrons. The molecule has 1 amide bonds. The van der Waals surface area contributed by atoms with Crippen molar-refractivity contribution in [3.05, 3.63) is 88.6 Å². The number of fused-ring (bicyclic) bond motifs is 3. The van der Waals surface area contributed by atoms with Crippen molar-refractivity contribution in [1.29, 1.82) is 0 Å². The number of carbonyl (C=O) groups excluding carboxylic acids is 2. The third-order valence-electron chi connectivity index (χ3n) is 6.68. The van der Waals surface area contributed by atoms with E-state index >= 15 is 0 Å². The monoisotopic (exact) mass is 433 g/mol. The molecule has 4 aromatic rings. The summed E-state index contributed by atoms with van der Waals surface area (Å²) < 4.78 is 5.38. The van der Waals surface area contributed by atoms with E-state index in [0.717, 1.165) is 57.4 Å². The van der Waals surface area contributed by atoms with Crippen LogP contribution < -0.4 is 10.1 Å². The van der Waals surface area contributed by atoms with Crippen LogP contribution in [0.4, 0.5) is 5.69 Å². The molecule has 2 N–H and O–H groups in total. The van der Waals surface area contributed by atoms with Crippen LogP contribution >= 0.6 is 0 Å². The van der Waals surface area contributed by atoms with Crippen molar-refractivity contribution in [2.24, 2.45) is 0 Å². The minimum absolute atomic E-state index is 0.0463. The van der Waals surface area contributed by atoms with Gasteiger partial charge in [-0.1, -0.05) is 24.1 Å². The number of aromatic nitrogens is 2. The largest absolute Gasteiger partial charge is 0.497 e. The SMILES string of the molecule is COc1ccc2c(c1)[C@]1(CC1c1ccc3c(C#Cc4ccc(C=O)cc4)[nH]nc3c1)C(=O)N2. The zero-order valence-corrected chi connectivity index (χ0v) is 17.8. The molecule has 0 saturated heterocycles. The first-order chi connectivity index (χ1) is 16.1. The molecule has 1 aromatic heterocycles. The molecular formula is C27H19N3O3. The van der Waals surface area contributed by atoms with Crippen molar-refractivity contribution >= 4 is 28.8 Å². The first kappa shape index (κ1) is 19.3. The van der Waals surface area contributed by atoms with E-state index in [4.69, 9.17) is 4.74 Å². The summed E-state index contributed by atoms with van der Waals surface area (Å²) in [5, 5.41) is 11.4. The maximum absolute atomic E-state index is 12.9. The smallest absolute Gasteiger partial charge is 0.235 e. The Hall–Kier alpha value is -4.37. The molecule has 0 radical (unpaired) electrons. The van der Waals surface area contributed by atoms with Crippen LogP contribution in [0.3, 0.4) is 0 Å². The molecule has 0 bridgehead atoms. The van der Waals surface area contributed by atoms with E-state index in [1.807, 2.05) is 42.5 Å².